The lowest BCUT2D eigenvalue weighted by molar-refractivity contribution is -0.116. The summed E-state index contributed by atoms with van der Waals surface area (Å²) in [5.41, 5.74) is 1.62. The Balaban J connectivity index is 1.74. The zero-order valence-electron chi connectivity index (χ0n) is 13.4. The van der Waals surface area contributed by atoms with Gasteiger partial charge >= 0.3 is 0 Å². The van der Waals surface area contributed by atoms with Crippen LogP contribution in [0.3, 0.4) is 0 Å². The Morgan fingerprint density at radius 1 is 1.42 bits per heavy atom. The molecule has 0 aliphatic carbocycles. The molecular weight excluding hydrogens is 330 g/mol. The second kappa shape index (κ2) is 6.52. The maximum absolute atomic E-state index is 12.2. The summed E-state index contributed by atoms with van der Waals surface area (Å²) < 4.78 is 1.25. The van der Waals surface area contributed by atoms with Crippen LogP contribution in [0.2, 0.25) is 0 Å². The molecule has 0 radical (unpaired) electrons. The average molecular weight is 347 g/mol. The highest BCUT2D eigenvalue weighted by Crippen LogP contribution is 2.25. The smallest absolute Gasteiger partial charge is 0.263 e. The second-order valence-corrected chi connectivity index (χ2v) is 6.59. The number of carbonyl (C=O) groups excluding carboxylic acids is 2. The van der Waals surface area contributed by atoms with Gasteiger partial charge in [-0.25, -0.2) is 9.97 Å². The van der Waals surface area contributed by atoms with Gasteiger partial charge in [0.25, 0.3) is 11.5 Å². The van der Waals surface area contributed by atoms with Crippen molar-refractivity contribution in [2.75, 3.05) is 11.9 Å². The molecule has 3 heterocycles. The first kappa shape index (κ1) is 16.3. The second-order valence-electron chi connectivity index (χ2n) is 5.59. The maximum Gasteiger partial charge on any atom is 0.263 e. The van der Waals surface area contributed by atoms with Crippen LogP contribution in [0, 0.1) is 13.8 Å². The molecule has 0 saturated carbocycles. The van der Waals surface area contributed by atoms with E-state index in [9.17, 15) is 14.4 Å². The van der Waals surface area contributed by atoms with E-state index in [4.69, 9.17) is 0 Å². The van der Waals surface area contributed by atoms with Gasteiger partial charge in [0.2, 0.25) is 5.91 Å². The van der Waals surface area contributed by atoms with Crippen LogP contribution >= 0.6 is 11.3 Å². The van der Waals surface area contributed by atoms with Crippen LogP contribution in [0.15, 0.2) is 11.1 Å². The number of thiazole rings is 1. The fourth-order valence-corrected chi connectivity index (χ4v) is 3.34. The SMILES string of the molecule is Cc1ncn(CC(=O)Nc2nc3c(s2)C(=O)NCCC3)c(=O)c1C. The summed E-state index contributed by atoms with van der Waals surface area (Å²) in [6.07, 6.45) is 2.87. The summed E-state index contributed by atoms with van der Waals surface area (Å²) in [6, 6.07) is 0. The van der Waals surface area contributed by atoms with Gasteiger partial charge in [-0.3, -0.25) is 19.0 Å². The molecule has 24 heavy (non-hydrogen) atoms. The molecular formula is C15H17N5O3S. The number of anilines is 1. The molecule has 2 aromatic rings. The lowest BCUT2D eigenvalue weighted by atomic mass is 10.2. The summed E-state index contributed by atoms with van der Waals surface area (Å²) >= 11 is 1.15. The number of nitrogens with zero attached hydrogens (tertiary/aromatic N) is 3. The predicted octanol–water partition coefficient (Wildman–Crippen LogP) is 0.631. The van der Waals surface area contributed by atoms with Gasteiger partial charge in [-0.1, -0.05) is 11.3 Å². The lowest BCUT2D eigenvalue weighted by Gasteiger charge is -2.07. The molecule has 0 fully saturated rings. The summed E-state index contributed by atoms with van der Waals surface area (Å²) in [5, 5.41) is 5.81. The number of carbonyl (C=O) groups is 2. The quantitative estimate of drug-likeness (QED) is 0.847. The van der Waals surface area contributed by atoms with Gasteiger partial charge in [0.1, 0.15) is 11.4 Å². The van der Waals surface area contributed by atoms with Crippen molar-refractivity contribution in [1.82, 2.24) is 19.9 Å². The maximum atomic E-state index is 12.2. The predicted molar refractivity (Wildman–Crippen MR) is 89.4 cm³/mol. The number of amides is 2. The molecule has 0 atom stereocenters. The Morgan fingerprint density at radius 2 is 2.21 bits per heavy atom. The molecule has 0 bridgehead atoms. The summed E-state index contributed by atoms with van der Waals surface area (Å²) in [5.74, 6) is -0.540. The van der Waals surface area contributed by atoms with Crippen molar-refractivity contribution in [3.63, 3.8) is 0 Å². The molecule has 0 spiro atoms. The fraction of sp³-hybridized carbons (Fsp3) is 0.400. The van der Waals surface area contributed by atoms with Crippen molar-refractivity contribution in [2.45, 2.75) is 33.2 Å². The van der Waals surface area contributed by atoms with E-state index in [2.05, 4.69) is 20.6 Å². The van der Waals surface area contributed by atoms with Crippen molar-refractivity contribution in [1.29, 1.82) is 0 Å². The first-order valence-electron chi connectivity index (χ1n) is 7.56. The van der Waals surface area contributed by atoms with E-state index >= 15 is 0 Å². The molecule has 1 aliphatic heterocycles. The Hall–Kier alpha value is -2.55. The standard InChI is InChI=1S/C15H17N5O3S/c1-8-9(2)17-7-20(14(8)23)6-11(21)19-15-18-10-4-3-5-16-13(22)12(10)24-15/h7H,3-6H2,1-2H3,(H,16,22)(H,18,19,21). The van der Waals surface area contributed by atoms with Crippen LogP contribution < -0.4 is 16.2 Å². The van der Waals surface area contributed by atoms with E-state index in [-0.39, 0.29) is 23.9 Å². The number of aryl methyl sites for hydroxylation is 2. The highest BCUT2D eigenvalue weighted by Gasteiger charge is 2.21. The molecule has 0 unspecified atom stereocenters. The Bertz CT molecular complexity index is 870. The van der Waals surface area contributed by atoms with E-state index < -0.39 is 0 Å². The van der Waals surface area contributed by atoms with Gasteiger partial charge in [-0.05, 0) is 26.7 Å². The van der Waals surface area contributed by atoms with Gasteiger partial charge in [-0.15, -0.1) is 0 Å². The van der Waals surface area contributed by atoms with Gasteiger partial charge in [0.05, 0.1) is 12.0 Å². The molecule has 1 aliphatic rings. The van der Waals surface area contributed by atoms with Crippen LogP contribution in [0.1, 0.15) is 33.0 Å². The van der Waals surface area contributed by atoms with Crippen molar-refractivity contribution in [3.05, 3.63) is 38.5 Å². The molecule has 0 aromatic carbocycles. The third-order valence-corrected chi connectivity index (χ3v) is 4.87. The Morgan fingerprint density at radius 3 is 3.00 bits per heavy atom. The summed E-state index contributed by atoms with van der Waals surface area (Å²) in [4.78, 5) is 45.1. The minimum Gasteiger partial charge on any atom is -0.351 e. The van der Waals surface area contributed by atoms with Gasteiger partial charge in [-0.2, -0.15) is 0 Å². The van der Waals surface area contributed by atoms with Crippen LogP contribution in [0.5, 0.6) is 0 Å². The third-order valence-electron chi connectivity index (χ3n) is 3.85. The zero-order chi connectivity index (χ0) is 17.3. The highest BCUT2D eigenvalue weighted by molar-refractivity contribution is 7.17. The molecule has 2 amide bonds. The van der Waals surface area contributed by atoms with Crippen molar-refractivity contribution < 1.29 is 9.59 Å². The number of fused-ring (bicyclic) bond motifs is 1. The van der Waals surface area contributed by atoms with E-state index in [0.29, 0.717) is 39.9 Å². The van der Waals surface area contributed by atoms with Gasteiger partial charge in [0.15, 0.2) is 5.13 Å². The van der Waals surface area contributed by atoms with Crippen LogP contribution in [-0.4, -0.2) is 32.9 Å². The third kappa shape index (κ3) is 3.21. The molecule has 126 valence electrons. The number of hydrogen-bond acceptors (Lipinski definition) is 6. The first-order valence-corrected chi connectivity index (χ1v) is 8.37. The highest BCUT2D eigenvalue weighted by atomic mass is 32.1. The molecule has 2 aromatic heterocycles. The number of rotatable bonds is 3. The fourth-order valence-electron chi connectivity index (χ4n) is 2.39. The number of aromatic nitrogens is 3. The van der Waals surface area contributed by atoms with E-state index in [0.717, 1.165) is 17.8 Å². The topological polar surface area (TPSA) is 106 Å². The van der Waals surface area contributed by atoms with Gasteiger partial charge in [0, 0.05) is 17.8 Å². The first-order chi connectivity index (χ1) is 11.5. The molecule has 8 nitrogen and oxygen atoms in total. The Kier molecular flexibility index (Phi) is 4.43. The zero-order valence-corrected chi connectivity index (χ0v) is 14.2. The van der Waals surface area contributed by atoms with E-state index in [1.54, 1.807) is 13.8 Å². The summed E-state index contributed by atoms with van der Waals surface area (Å²) in [6.45, 7) is 3.90. The van der Waals surface area contributed by atoms with Crippen molar-refractivity contribution in [2.24, 2.45) is 0 Å². The molecule has 9 heteroatoms. The van der Waals surface area contributed by atoms with Crippen molar-refractivity contribution >= 4 is 28.3 Å². The van der Waals surface area contributed by atoms with Crippen LogP contribution in [-0.2, 0) is 17.8 Å². The monoisotopic (exact) mass is 347 g/mol. The number of nitrogens with one attached hydrogen (secondary N) is 2. The summed E-state index contributed by atoms with van der Waals surface area (Å²) in [7, 11) is 0. The van der Waals surface area contributed by atoms with E-state index in [1.165, 1.54) is 10.9 Å². The lowest BCUT2D eigenvalue weighted by Crippen LogP contribution is -2.29. The largest absolute Gasteiger partial charge is 0.351 e. The van der Waals surface area contributed by atoms with Gasteiger partial charge < -0.3 is 10.6 Å². The van der Waals surface area contributed by atoms with Crippen molar-refractivity contribution in [3.8, 4) is 0 Å². The average Bonchev–Trinajstić information content (AvgIpc) is 2.86. The normalized spacial score (nSPS) is 13.8. The van der Waals surface area contributed by atoms with Crippen LogP contribution in [0.4, 0.5) is 5.13 Å². The number of hydrogen-bond donors (Lipinski definition) is 2. The minimum absolute atomic E-state index is 0.149. The molecule has 2 N–H and O–H groups in total. The van der Waals surface area contributed by atoms with Crippen LogP contribution in [0.25, 0.3) is 0 Å². The Labute approximate surface area is 141 Å². The molecule has 3 rings (SSSR count). The minimum atomic E-state index is -0.383. The van der Waals surface area contributed by atoms with E-state index in [1.807, 2.05) is 0 Å². The molecule has 0 saturated heterocycles.